The fourth-order valence-corrected chi connectivity index (χ4v) is 1.83. The standard InChI is InChI=1S/C9H9BrFN3O.ClH/c10-6-2-1-3-7(11)8(6)14(15)9-12-4-5-13-9;/h1-3,15H,4-5H2,(H,12,13);1H. The van der Waals surface area contributed by atoms with Gasteiger partial charge in [-0.05, 0) is 28.1 Å². The molecule has 0 bridgehead atoms. The number of para-hydroxylation sites is 1. The van der Waals surface area contributed by atoms with Crippen molar-refractivity contribution in [1.82, 2.24) is 5.32 Å². The lowest BCUT2D eigenvalue weighted by Crippen LogP contribution is -2.36. The molecule has 0 saturated carbocycles. The Bertz CT molecular complexity index is 395. The Morgan fingerprint density at radius 3 is 2.81 bits per heavy atom. The molecule has 1 aromatic carbocycles. The van der Waals surface area contributed by atoms with Crippen LogP contribution in [-0.2, 0) is 0 Å². The molecule has 16 heavy (non-hydrogen) atoms. The Morgan fingerprint density at radius 2 is 2.25 bits per heavy atom. The summed E-state index contributed by atoms with van der Waals surface area (Å²) in [6.07, 6.45) is 0. The average molecular weight is 311 g/mol. The van der Waals surface area contributed by atoms with Crippen LogP contribution in [0.1, 0.15) is 0 Å². The molecule has 0 saturated heterocycles. The third-order valence-electron chi connectivity index (χ3n) is 2.01. The number of nitrogens with zero attached hydrogens (tertiary/aromatic N) is 2. The largest absolute Gasteiger partial charge is 0.352 e. The van der Waals surface area contributed by atoms with Gasteiger partial charge in [-0.25, -0.2) is 9.38 Å². The first-order valence-corrected chi connectivity index (χ1v) is 5.21. The van der Waals surface area contributed by atoms with Crippen molar-refractivity contribution in [2.24, 2.45) is 4.99 Å². The molecule has 4 nitrogen and oxygen atoms in total. The van der Waals surface area contributed by atoms with Gasteiger partial charge in [0, 0.05) is 11.0 Å². The van der Waals surface area contributed by atoms with Crippen molar-refractivity contribution in [2.45, 2.75) is 0 Å². The topological polar surface area (TPSA) is 47.9 Å². The first kappa shape index (κ1) is 13.2. The van der Waals surface area contributed by atoms with Crippen LogP contribution < -0.4 is 10.4 Å². The number of benzene rings is 1. The number of anilines is 1. The van der Waals surface area contributed by atoms with E-state index >= 15 is 0 Å². The molecule has 1 aromatic rings. The molecule has 0 aliphatic carbocycles. The highest BCUT2D eigenvalue weighted by atomic mass is 79.9. The molecule has 0 spiro atoms. The molecule has 2 N–H and O–H groups in total. The molecule has 0 amide bonds. The van der Waals surface area contributed by atoms with E-state index in [1.807, 2.05) is 0 Å². The van der Waals surface area contributed by atoms with E-state index < -0.39 is 5.82 Å². The average Bonchev–Trinajstić information content (AvgIpc) is 2.69. The molecule has 0 radical (unpaired) electrons. The minimum atomic E-state index is -0.511. The number of hydrogen-bond acceptors (Lipinski definition) is 4. The normalized spacial score (nSPS) is 13.8. The van der Waals surface area contributed by atoms with E-state index in [4.69, 9.17) is 0 Å². The third kappa shape index (κ3) is 2.45. The van der Waals surface area contributed by atoms with Crippen molar-refractivity contribution in [2.75, 3.05) is 18.2 Å². The molecule has 0 fully saturated rings. The molecule has 0 atom stereocenters. The number of guanidine groups is 1. The van der Waals surface area contributed by atoms with Gasteiger partial charge in [0.25, 0.3) is 0 Å². The van der Waals surface area contributed by atoms with Gasteiger partial charge in [-0.3, -0.25) is 5.21 Å². The van der Waals surface area contributed by atoms with Gasteiger partial charge in [-0.1, -0.05) is 6.07 Å². The molecule has 0 unspecified atom stereocenters. The van der Waals surface area contributed by atoms with Crippen LogP contribution in [0.5, 0.6) is 0 Å². The second kappa shape index (κ2) is 5.47. The smallest absolute Gasteiger partial charge is 0.223 e. The summed E-state index contributed by atoms with van der Waals surface area (Å²) in [4.78, 5) is 3.99. The summed E-state index contributed by atoms with van der Waals surface area (Å²) in [6, 6.07) is 4.48. The van der Waals surface area contributed by atoms with E-state index in [1.165, 1.54) is 6.07 Å². The van der Waals surface area contributed by atoms with E-state index in [0.717, 1.165) is 0 Å². The van der Waals surface area contributed by atoms with E-state index in [-0.39, 0.29) is 24.1 Å². The summed E-state index contributed by atoms with van der Waals surface area (Å²) in [5.41, 5.74) is 0.0608. The van der Waals surface area contributed by atoms with Gasteiger partial charge in [-0.2, -0.15) is 5.06 Å². The van der Waals surface area contributed by atoms with Crippen LogP contribution in [0.2, 0.25) is 0 Å². The number of rotatable bonds is 1. The summed E-state index contributed by atoms with van der Waals surface area (Å²) in [5, 5.41) is 13.3. The maximum atomic E-state index is 13.4. The van der Waals surface area contributed by atoms with Crippen molar-refractivity contribution in [3.63, 3.8) is 0 Å². The Labute approximate surface area is 107 Å². The molecular weight excluding hydrogens is 300 g/mol. The van der Waals surface area contributed by atoms with Crippen LogP contribution in [0.3, 0.4) is 0 Å². The first-order valence-electron chi connectivity index (χ1n) is 4.41. The highest BCUT2D eigenvalue weighted by Crippen LogP contribution is 2.28. The van der Waals surface area contributed by atoms with Gasteiger partial charge in [-0.15, -0.1) is 12.4 Å². The lowest BCUT2D eigenvalue weighted by atomic mass is 10.3. The minimum Gasteiger partial charge on any atom is -0.352 e. The monoisotopic (exact) mass is 309 g/mol. The lowest BCUT2D eigenvalue weighted by molar-refractivity contribution is 0.304. The highest BCUT2D eigenvalue weighted by molar-refractivity contribution is 9.10. The highest BCUT2D eigenvalue weighted by Gasteiger charge is 2.19. The molecule has 2 rings (SSSR count). The summed E-state index contributed by atoms with van der Waals surface area (Å²) in [5.74, 6) is -0.246. The van der Waals surface area contributed by atoms with Crippen LogP contribution in [-0.4, -0.2) is 24.3 Å². The summed E-state index contributed by atoms with van der Waals surface area (Å²) < 4.78 is 13.9. The van der Waals surface area contributed by atoms with E-state index in [2.05, 4.69) is 26.2 Å². The Hall–Kier alpha value is -0.850. The molecular formula is C9H10BrClFN3O. The van der Waals surface area contributed by atoms with E-state index in [9.17, 15) is 9.60 Å². The van der Waals surface area contributed by atoms with E-state index in [0.29, 0.717) is 22.6 Å². The van der Waals surface area contributed by atoms with Crippen LogP contribution in [0, 0.1) is 5.82 Å². The number of aliphatic imine (C=N–C) groups is 1. The SMILES string of the molecule is Cl.ON(C1=NCCN1)c1c(F)cccc1Br. The van der Waals surface area contributed by atoms with Gasteiger partial charge in [0.2, 0.25) is 5.96 Å². The van der Waals surface area contributed by atoms with Gasteiger partial charge in [0.05, 0.1) is 6.54 Å². The molecule has 0 aromatic heterocycles. The molecule has 88 valence electrons. The number of nitrogens with one attached hydrogen (secondary N) is 1. The number of hydrogen-bond donors (Lipinski definition) is 2. The maximum absolute atomic E-state index is 13.4. The molecule has 7 heteroatoms. The Kier molecular flexibility index (Phi) is 4.52. The summed E-state index contributed by atoms with van der Waals surface area (Å²) in [7, 11) is 0. The van der Waals surface area contributed by atoms with Crippen LogP contribution in [0.15, 0.2) is 27.7 Å². The van der Waals surface area contributed by atoms with Gasteiger partial charge in [0.15, 0.2) is 5.82 Å². The zero-order valence-electron chi connectivity index (χ0n) is 8.15. The fourth-order valence-electron chi connectivity index (χ4n) is 1.32. The molecule has 1 aliphatic rings. The maximum Gasteiger partial charge on any atom is 0.223 e. The van der Waals surface area contributed by atoms with Crippen molar-refractivity contribution >= 4 is 40.0 Å². The van der Waals surface area contributed by atoms with Gasteiger partial charge in [0.1, 0.15) is 5.69 Å². The second-order valence-corrected chi connectivity index (χ2v) is 3.87. The zero-order valence-corrected chi connectivity index (χ0v) is 10.6. The van der Waals surface area contributed by atoms with Gasteiger partial charge >= 0.3 is 0 Å². The van der Waals surface area contributed by atoms with Crippen molar-refractivity contribution in [3.05, 3.63) is 28.5 Å². The molecule has 1 heterocycles. The Balaban J connectivity index is 0.00000128. The van der Waals surface area contributed by atoms with Crippen molar-refractivity contribution in [3.8, 4) is 0 Å². The first-order chi connectivity index (χ1) is 7.20. The lowest BCUT2D eigenvalue weighted by Gasteiger charge is -2.18. The number of hydroxylamine groups is 1. The predicted molar refractivity (Wildman–Crippen MR) is 65.9 cm³/mol. The number of halogens is 3. The Morgan fingerprint density at radius 1 is 1.50 bits per heavy atom. The van der Waals surface area contributed by atoms with Crippen LogP contribution in [0.4, 0.5) is 10.1 Å². The summed E-state index contributed by atoms with van der Waals surface area (Å²) >= 11 is 3.17. The molecule has 1 aliphatic heterocycles. The van der Waals surface area contributed by atoms with Gasteiger partial charge < -0.3 is 5.32 Å². The zero-order chi connectivity index (χ0) is 10.8. The quantitative estimate of drug-likeness (QED) is 0.782. The second-order valence-electron chi connectivity index (χ2n) is 3.01. The predicted octanol–water partition coefficient (Wildman–Crippen LogP) is 2.16. The summed E-state index contributed by atoms with van der Waals surface area (Å²) in [6.45, 7) is 1.23. The fraction of sp³-hybridized carbons (Fsp3) is 0.222. The third-order valence-corrected chi connectivity index (χ3v) is 2.65. The van der Waals surface area contributed by atoms with Crippen LogP contribution in [0.25, 0.3) is 0 Å². The van der Waals surface area contributed by atoms with Crippen molar-refractivity contribution in [1.29, 1.82) is 0 Å². The van der Waals surface area contributed by atoms with E-state index in [1.54, 1.807) is 12.1 Å². The minimum absolute atomic E-state index is 0. The van der Waals surface area contributed by atoms with Crippen molar-refractivity contribution < 1.29 is 9.60 Å². The van der Waals surface area contributed by atoms with Crippen LogP contribution >= 0.6 is 28.3 Å².